The van der Waals surface area contributed by atoms with Crippen molar-refractivity contribution in [1.82, 2.24) is 29.8 Å². The van der Waals surface area contributed by atoms with Crippen molar-refractivity contribution in [2.45, 2.75) is 19.1 Å². The average Bonchev–Trinajstić information content (AvgIpc) is 3.24. The number of carbonyl (C=O) groups is 3. The number of imide groups is 1. The Bertz CT molecular complexity index is 1040. The van der Waals surface area contributed by atoms with Gasteiger partial charge < -0.3 is 5.32 Å². The van der Waals surface area contributed by atoms with Gasteiger partial charge in [0.25, 0.3) is 11.7 Å². The number of thioether (sulfide) groups is 1. The number of carbonyl (C=O) groups excluding carboxylic acids is 3. The molecule has 4 heterocycles. The molecule has 2 aliphatic heterocycles. The molecule has 4 rings (SSSR count). The molecule has 138 valence electrons. The number of fused-ring (bicyclic) bond motifs is 2. The van der Waals surface area contributed by atoms with Gasteiger partial charge in [-0.15, -0.1) is 16.9 Å². The van der Waals surface area contributed by atoms with Gasteiger partial charge in [0.05, 0.1) is 5.71 Å². The van der Waals surface area contributed by atoms with E-state index in [1.54, 1.807) is 11.5 Å². The summed E-state index contributed by atoms with van der Waals surface area (Å²) >= 11 is 1.31. The third-order valence-electron chi connectivity index (χ3n) is 4.11. The number of amides is 4. The predicted octanol–water partition coefficient (Wildman–Crippen LogP) is 0.503. The van der Waals surface area contributed by atoms with Gasteiger partial charge in [-0.2, -0.15) is 9.98 Å². The summed E-state index contributed by atoms with van der Waals surface area (Å²) in [6.45, 7) is 3.78. The molecule has 0 radical (unpaired) electrons. The number of aliphatic imine (C=N–C) groups is 1. The first kappa shape index (κ1) is 17.3. The summed E-state index contributed by atoms with van der Waals surface area (Å²) in [7, 11) is 0. The number of rotatable bonds is 4. The molecule has 27 heavy (non-hydrogen) atoms. The van der Waals surface area contributed by atoms with Crippen LogP contribution in [0.15, 0.2) is 22.5 Å². The van der Waals surface area contributed by atoms with Crippen molar-refractivity contribution in [3.8, 4) is 0 Å². The van der Waals surface area contributed by atoms with Crippen molar-refractivity contribution in [3.63, 3.8) is 0 Å². The summed E-state index contributed by atoms with van der Waals surface area (Å²) in [6.07, 6.45) is 1.66. The first-order valence-corrected chi connectivity index (χ1v) is 9.13. The standard InChI is InChI=1S/C16H15N7O3S/c1-8-7-9(2)23-15(18-8)20-12(21-23)13(24)17-4-5-22-14(25)11-10(3-6-27-11)19-16(22)26/h3,6-7,11H,4-5H2,1-2H3,(H,17,24). The number of hydrogen-bond donors (Lipinski definition) is 1. The summed E-state index contributed by atoms with van der Waals surface area (Å²) in [5.41, 5.74) is 2.06. The molecule has 0 saturated heterocycles. The van der Waals surface area contributed by atoms with Crippen LogP contribution in [0.2, 0.25) is 0 Å². The van der Waals surface area contributed by atoms with Crippen LogP contribution in [-0.2, 0) is 4.79 Å². The molecule has 0 spiro atoms. The van der Waals surface area contributed by atoms with Gasteiger partial charge in [0.1, 0.15) is 5.25 Å². The normalized spacial score (nSPS) is 18.8. The van der Waals surface area contributed by atoms with E-state index < -0.39 is 17.2 Å². The van der Waals surface area contributed by atoms with Crippen LogP contribution >= 0.6 is 11.8 Å². The van der Waals surface area contributed by atoms with Crippen LogP contribution in [0.4, 0.5) is 4.79 Å². The molecule has 2 aromatic heterocycles. The van der Waals surface area contributed by atoms with Crippen molar-refractivity contribution in [3.05, 3.63) is 34.8 Å². The van der Waals surface area contributed by atoms with E-state index >= 15 is 0 Å². The fourth-order valence-electron chi connectivity index (χ4n) is 2.86. The highest BCUT2D eigenvalue weighted by molar-refractivity contribution is 8.04. The lowest BCUT2D eigenvalue weighted by Gasteiger charge is -2.25. The summed E-state index contributed by atoms with van der Waals surface area (Å²) in [5, 5.41) is 8.03. The lowest BCUT2D eigenvalue weighted by atomic mass is 10.2. The molecule has 4 amide bonds. The molecular formula is C16H15N7O3S. The number of nitrogens with one attached hydrogen (secondary N) is 1. The summed E-state index contributed by atoms with van der Waals surface area (Å²) < 4.78 is 1.49. The highest BCUT2D eigenvalue weighted by Gasteiger charge is 2.38. The molecule has 0 aliphatic carbocycles. The SMILES string of the molecule is Cc1cc(C)n2nc(C(=O)NCCN3C(=O)N=C4C=CSC4C3=O)nc2n1. The zero-order valence-corrected chi connectivity index (χ0v) is 15.4. The van der Waals surface area contributed by atoms with E-state index in [1.165, 1.54) is 16.3 Å². The van der Waals surface area contributed by atoms with E-state index in [-0.39, 0.29) is 24.8 Å². The Labute approximate surface area is 157 Å². The Morgan fingerprint density at radius 2 is 2.11 bits per heavy atom. The maximum atomic E-state index is 12.4. The number of allylic oxidation sites excluding steroid dienone is 1. The van der Waals surface area contributed by atoms with Gasteiger partial charge in [0.15, 0.2) is 0 Å². The third-order valence-corrected chi connectivity index (χ3v) is 5.12. The lowest BCUT2D eigenvalue weighted by molar-refractivity contribution is -0.126. The Balaban J connectivity index is 1.41. The minimum absolute atomic E-state index is 0.0247. The monoisotopic (exact) mass is 385 g/mol. The van der Waals surface area contributed by atoms with Crippen LogP contribution in [0.5, 0.6) is 0 Å². The van der Waals surface area contributed by atoms with Crippen molar-refractivity contribution in [2.24, 2.45) is 4.99 Å². The van der Waals surface area contributed by atoms with Gasteiger partial charge in [-0.1, -0.05) is 0 Å². The van der Waals surface area contributed by atoms with Gasteiger partial charge in [-0.25, -0.2) is 14.3 Å². The number of nitrogens with zero attached hydrogens (tertiary/aromatic N) is 6. The molecule has 1 unspecified atom stereocenters. The molecule has 10 nitrogen and oxygen atoms in total. The van der Waals surface area contributed by atoms with E-state index in [2.05, 4.69) is 25.4 Å². The first-order valence-electron chi connectivity index (χ1n) is 8.19. The smallest absolute Gasteiger partial charge is 0.347 e. The van der Waals surface area contributed by atoms with Crippen LogP contribution in [0.3, 0.4) is 0 Å². The molecule has 1 atom stereocenters. The fraction of sp³-hybridized carbons (Fsp3) is 0.312. The first-order chi connectivity index (χ1) is 12.9. The second-order valence-electron chi connectivity index (χ2n) is 6.07. The molecular weight excluding hydrogens is 370 g/mol. The van der Waals surface area contributed by atoms with Crippen molar-refractivity contribution >= 4 is 41.1 Å². The molecule has 0 fully saturated rings. The number of urea groups is 1. The summed E-state index contributed by atoms with van der Waals surface area (Å²) in [5.74, 6) is -0.513. The number of hydrogen-bond acceptors (Lipinski definition) is 7. The fourth-order valence-corrected chi connectivity index (χ4v) is 3.75. The van der Waals surface area contributed by atoms with Crippen molar-refractivity contribution in [2.75, 3.05) is 13.1 Å². The molecule has 11 heteroatoms. The van der Waals surface area contributed by atoms with E-state index in [4.69, 9.17) is 0 Å². The quantitative estimate of drug-likeness (QED) is 0.813. The van der Waals surface area contributed by atoms with E-state index in [1.807, 2.05) is 19.9 Å². The lowest BCUT2D eigenvalue weighted by Crippen LogP contribution is -2.49. The minimum Gasteiger partial charge on any atom is -0.347 e. The molecule has 0 saturated carbocycles. The topological polar surface area (TPSA) is 122 Å². The molecule has 2 aromatic rings. The molecule has 1 N–H and O–H groups in total. The van der Waals surface area contributed by atoms with Crippen molar-refractivity contribution < 1.29 is 14.4 Å². The highest BCUT2D eigenvalue weighted by atomic mass is 32.2. The van der Waals surface area contributed by atoms with Gasteiger partial charge in [0, 0.05) is 24.5 Å². The van der Waals surface area contributed by atoms with E-state index in [0.29, 0.717) is 11.5 Å². The molecule has 0 aromatic carbocycles. The molecule has 0 bridgehead atoms. The zero-order valence-electron chi connectivity index (χ0n) is 14.5. The number of aryl methyl sites for hydroxylation is 2. The van der Waals surface area contributed by atoms with E-state index in [9.17, 15) is 14.4 Å². The Morgan fingerprint density at radius 1 is 1.30 bits per heavy atom. The molecule has 2 aliphatic rings. The highest BCUT2D eigenvalue weighted by Crippen LogP contribution is 2.27. The second-order valence-corrected chi connectivity index (χ2v) is 7.09. The van der Waals surface area contributed by atoms with Crippen molar-refractivity contribution in [1.29, 1.82) is 0 Å². The Kier molecular flexibility index (Phi) is 4.22. The van der Waals surface area contributed by atoms with Crippen LogP contribution in [-0.4, -0.2) is 66.4 Å². The Hall–Kier alpha value is -3.08. The largest absolute Gasteiger partial charge is 0.350 e. The summed E-state index contributed by atoms with van der Waals surface area (Å²) in [6, 6.07) is 1.22. The third kappa shape index (κ3) is 3.10. The van der Waals surface area contributed by atoms with Gasteiger partial charge in [0.2, 0.25) is 11.7 Å². The predicted molar refractivity (Wildman–Crippen MR) is 97.7 cm³/mol. The average molecular weight is 385 g/mol. The van der Waals surface area contributed by atoms with Gasteiger partial charge >= 0.3 is 6.03 Å². The van der Waals surface area contributed by atoms with Gasteiger partial charge in [-0.05, 0) is 31.4 Å². The number of aromatic nitrogens is 4. The minimum atomic E-state index is -0.617. The van der Waals surface area contributed by atoms with Crippen LogP contribution in [0, 0.1) is 13.8 Å². The van der Waals surface area contributed by atoms with Gasteiger partial charge in [-0.3, -0.25) is 14.5 Å². The zero-order chi connectivity index (χ0) is 19.1. The van der Waals surface area contributed by atoms with Crippen LogP contribution in [0.25, 0.3) is 5.78 Å². The summed E-state index contributed by atoms with van der Waals surface area (Å²) in [4.78, 5) is 50.0. The Morgan fingerprint density at radius 3 is 2.93 bits per heavy atom. The maximum absolute atomic E-state index is 12.4. The van der Waals surface area contributed by atoms with Crippen LogP contribution < -0.4 is 5.32 Å². The van der Waals surface area contributed by atoms with Crippen LogP contribution in [0.1, 0.15) is 22.0 Å². The maximum Gasteiger partial charge on any atom is 0.350 e. The van der Waals surface area contributed by atoms with E-state index in [0.717, 1.165) is 16.3 Å². The second kappa shape index (κ2) is 6.58.